The van der Waals surface area contributed by atoms with Crippen molar-refractivity contribution < 1.29 is 9.53 Å². The highest BCUT2D eigenvalue weighted by molar-refractivity contribution is 5.96. The first-order chi connectivity index (χ1) is 14.2. The van der Waals surface area contributed by atoms with E-state index < -0.39 is 0 Å². The Hall–Kier alpha value is -3.46. The molecule has 6 nitrogen and oxygen atoms in total. The summed E-state index contributed by atoms with van der Waals surface area (Å²) in [6.45, 7) is 8.12. The molecule has 0 unspecified atom stereocenters. The Kier molecular flexibility index (Phi) is 6.08. The summed E-state index contributed by atoms with van der Waals surface area (Å²) in [5.74, 6) is 0.765. The van der Waals surface area contributed by atoms with Crippen molar-refractivity contribution in [1.29, 1.82) is 5.26 Å². The van der Waals surface area contributed by atoms with Crippen LogP contribution in [-0.2, 0) is 6.54 Å². The molecule has 0 bridgehead atoms. The molecule has 0 saturated carbocycles. The van der Waals surface area contributed by atoms with Gasteiger partial charge in [-0.25, -0.2) is 4.79 Å². The van der Waals surface area contributed by atoms with Gasteiger partial charge in [0, 0.05) is 36.8 Å². The summed E-state index contributed by atoms with van der Waals surface area (Å²) in [5, 5.41) is 13.5. The van der Waals surface area contributed by atoms with Crippen LogP contribution in [0.25, 0.3) is 22.2 Å². The van der Waals surface area contributed by atoms with Crippen LogP contribution in [0.3, 0.4) is 0 Å². The van der Waals surface area contributed by atoms with E-state index in [4.69, 9.17) is 4.74 Å². The molecule has 0 atom stereocenters. The van der Waals surface area contributed by atoms with Crippen molar-refractivity contribution in [3.8, 4) is 23.1 Å². The van der Waals surface area contributed by atoms with E-state index in [9.17, 15) is 10.1 Å². The topological polar surface area (TPSA) is 70.3 Å². The number of amides is 2. The second kappa shape index (κ2) is 8.70. The average Bonchev–Trinajstić information content (AvgIpc) is 3.35. The molecule has 0 spiro atoms. The highest BCUT2D eigenvalue weighted by atomic mass is 16.5. The molecule has 3 aromatic rings. The fraction of sp³-hybridized carbons (Fsp3) is 0.304. The van der Waals surface area contributed by atoms with E-state index in [1.165, 1.54) is 0 Å². The molecule has 1 aliphatic rings. The maximum absolute atomic E-state index is 11.9. The minimum Gasteiger partial charge on any atom is -0.497 e. The van der Waals surface area contributed by atoms with Crippen LogP contribution in [0, 0.1) is 11.3 Å². The Balaban J connectivity index is 0.00000117. The summed E-state index contributed by atoms with van der Waals surface area (Å²) in [4.78, 5) is 13.6. The normalized spacial score (nSPS) is 12.9. The van der Waals surface area contributed by atoms with E-state index in [0.29, 0.717) is 18.7 Å². The summed E-state index contributed by atoms with van der Waals surface area (Å²) >= 11 is 0. The van der Waals surface area contributed by atoms with Gasteiger partial charge in [-0.2, -0.15) is 5.26 Å². The smallest absolute Gasteiger partial charge is 0.321 e. The fourth-order valence-electron chi connectivity index (χ4n) is 3.72. The van der Waals surface area contributed by atoms with Gasteiger partial charge in [0.25, 0.3) is 0 Å². The van der Waals surface area contributed by atoms with Crippen molar-refractivity contribution in [2.75, 3.05) is 25.1 Å². The molecule has 0 radical (unpaired) electrons. The van der Waals surface area contributed by atoms with Crippen molar-refractivity contribution >= 4 is 22.6 Å². The van der Waals surface area contributed by atoms with Crippen LogP contribution >= 0.6 is 0 Å². The monoisotopic (exact) mass is 390 g/mol. The van der Waals surface area contributed by atoms with E-state index in [1.807, 2.05) is 56.3 Å². The van der Waals surface area contributed by atoms with Crippen LogP contribution in [0.4, 0.5) is 10.5 Å². The molecule has 2 heterocycles. The Morgan fingerprint density at radius 3 is 2.45 bits per heavy atom. The number of carbonyl (C=O) groups excluding carboxylic acids is 1. The third-order valence-corrected chi connectivity index (χ3v) is 5.01. The number of anilines is 1. The van der Waals surface area contributed by atoms with Crippen LogP contribution < -0.4 is 15.0 Å². The minimum atomic E-state index is -0.0739. The molecule has 1 fully saturated rings. The summed E-state index contributed by atoms with van der Waals surface area (Å²) in [6.07, 6.45) is 0. The number of ether oxygens (including phenoxy) is 1. The van der Waals surface area contributed by atoms with E-state index in [0.717, 1.165) is 40.1 Å². The van der Waals surface area contributed by atoms with Crippen molar-refractivity contribution in [1.82, 2.24) is 9.88 Å². The lowest BCUT2D eigenvalue weighted by Crippen LogP contribution is -2.27. The lowest BCUT2D eigenvalue weighted by Gasteiger charge is -2.15. The first kappa shape index (κ1) is 20.3. The number of nitrogens with one attached hydrogen (secondary N) is 1. The Bertz CT molecular complexity index is 1060. The Labute approximate surface area is 171 Å². The Morgan fingerprint density at radius 1 is 1.17 bits per heavy atom. The number of hydrogen-bond acceptors (Lipinski definition) is 3. The molecular formula is C23H26N4O2. The summed E-state index contributed by atoms with van der Waals surface area (Å²) in [7, 11) is 1.64. The largest absolute Gasteiger partial charge is 0.497 e. The Morgan fingerprint density at radius 2 is 1.90 bits per heavy atom. The number of hydrogen-bond donors (Lipinski definition) is 1. The second-order valence-corrected chi connectivity index (χ2v) is 6.39. The number of fused-ring (bicyclic) bond motifs is 1. The number of nitrogens with zero attached hydrogens (tertiary/aromatic N) is 3. The fourth-order valence-corrected chi connectivity index (χ4v) is 3.72. The lowest BCUT2D eigenvalue weighted by atomic mass is 10.1. The molecule has 2 amide bonds. The van der Waals surface area contributed by atoms with Gasteiger partial charge in [-0.15, -0.1) is 0 Å². The first-order valence-electron chi connectivity index (χ1n) is 9.94. The van der Waals surface area contributed by atoms with E-state index in [2.05, 4.69) is 22.9 Å². The highest BCUT2D eigenvalue weighted by Crippen LogP contribution is 2.36. The number of nitriles is 1. The van der Waals surface area contributed by atoms with E-state index in [-0.39, 0.29) is 6.03 Å². The van der Waals surface area contributed by atoms with Gasteiger partial charge in [0.1, 0.15) is 11.8 Å². The van der Waals surface area contributed by atoms with E-state index >= 15 is 0 Å². The highest BCUT2D eigenvalue weighted by Gasteiger charge is 2.22. The number of urea groups is 1. The molecule has 1 saturated heterocycles. The van der Waals surface area contributed by atoms with Gasteiger partial charge in [0.05, 0.1) is 23.9 Å². The van der Waals surface area contributed by atoms with Crippen LogP contribution in [0.15, 0.2) is 42.5 Å². The number of rotatable bonds is 4. The third-order valence-electron chi connectivity index (χ3n) is 5.01. The summed E-state index contributed by atoms with van der Waals surface area (Å²) in [5.41, 5.74) is 4.33. The predicted octanol–water partition coefficient (Wildman–Crippen LogP) is 4.76. The zero-order chi connectivity index (χ0) is 21.0. The van der Waals surface area contributed by atoms with Crippen LogP contribution in [0.5, 0.6) is 5.75 Å². The number of aryl methyl sites for hydroxylation is 1. The number of methoxy groups -OCH3 is 1. The maximum atomic E-state index is 11.9. The maximum Gasteiger partial charge on any atom is 0.321 e. The minimum absolute atomic E-state index is 0.0739. The SMILES string of the molecule is CC.CCn1c(-c2ccc(N3CCNC3=O)cc2)c(C#N)c2ccc(OC)cc21. The first-order valence-corrected chi connectivity index (χ1v) is 9.94. The quantitative estimate of drug-likeness (QED) is 0.698. The number of carbonyl (C=O) groups is 1. The van der Waals surface area contributed by atoms with Gasteiger partial charge in [-0.3, -0.25) is 4.90 Å². The second-order valence-electron chi connectivity index (χ2n) is 6.39. The average molecular weight is 390 g/mol. The van der Waals surface area contributed by atoms with Crippen molar-refractivity contribution in [3.63, 3.8) is 0 Å². The van der Waals surface area contributed by atoms with Gasteiger partial charge in [-0.05, 0) is 36.8 Å². The van der Waals surface area contributed by atoms with Crippen molar-refractivity contribution in [2.45, 2.75) is 27.3 Å². The molecule has 29 heavy (non-hydrogen) atoms. The molecule has 1 aliphatic heterocycles. The molecule has 150 valence electrons. The molecule has 4 rings (SSSR count). The molecule has 0 aliphatic carbocycles. The van der Waals surface area contributed by atoms with Crippen LogP contribution in [0.2, 0.25) is 0 Å². The van der Waals surface area contributed by atoms with Crippen LogP contribution in [0.1, 0.15) is 26.3 Å². The van der Waals surface area contributed by atoms with Gasteiger partial charge < -0.3 is 14.6 Å². The van der Waals surface area contributed by atoms with E-state index in [1.54, 1.807) is 12.0 Å². The van der Waals surface area contributed by atoms with Crippen molar-refractivity contribution in [3.05, 3.63) is 48.0 Å². The molecular weight excluding hydrogens is 364 g/mol. The number of benzene rings is 2. The predicted molar refractivity (Wildman–Crippen MR) is 116 cm³/mol. The summed E-state index contributed by atoms with van der Waals surface area (Å²) in [6, 6.07) is 15.9. The standard InChI is InChI=1S/C21H20N4O2.C2H6/c1-3-24-19-12-16(27-2)8-9-17(19)18(13-22)20(24)14-4-6-15(7-5-14)25-11-10-23-21(25)26;1-2/h4-9,12H,3,10-11H2,1-2H3,(H,23,26);1-2H3. The van der Waals surface area contributed by atoms with Gasteiger partial charge >= 0.3 is 6.03 Å². The van der Waals surface area contributed by atoms with Gasteiger partial charge in [0.2, 0.25) is 0 Å². The van der Waals surface area contributed by atoms with Crippen molar-refractivity contribution in [2.24, 2.45) is 0 Å². The molecule has 1 N–H and O–H groups in total. The summed E-state index contributed by atoms with van der Waals surface area (Å²) < 4.78 is 7.49. The van der Waals surface area contributed by atoms with Gasteiger partial charge in [-0.1, -0.05) is 26.0 Å². The molecule has 2 aromatic carbocycles. The van der Waals surface area contributed by atoms with Gasteiger partial charge in [0.15, 0.2) is 0 Å². The molecule has 1 aromatic heterocycles. The third kappa shape index (κ3) is 3.52. The number of aromatic nitrogens is 1. The molecule has 6 heteroatoms. The van der Waals surface area contributed by atoms with Crippen LogP contribution in [-0.4, -0.2) is 30.8 Å². The zero-order valence-electron chi connectivity index (χ0n) is 17.3. The lowest BCUT2D eigenvalue weighted by molar-refractivity contribution is 0.252. The zero-order valence-corrected chi connectivity index (χ0v) is 17.3.